The zero-order chi connectivity index (χ0) is 13.6. The number of rotatable bonds is 5. The highest BCUT2D eigenvalue weighted by molar-refractivity contribution is 5.78. The van der Waals surface area contributed by atoms with Crippen LogP contribution in [0.2, 0.25) is 0 Å². The van der Waals surface area contributed by atoms with Gasteiger partial charge in [0.25, 0.3) is 0 Å². The molecule has 0 saturated carbocycles. The van der Waals surface area contributed by atoms with E-state index in [1.54, 1.807) is 7.11 Å². The van der Waals surface area contributed by atoms with E-state index in [0.29, 0.717) is 13.1 Å². The average molecular weight is 250 g/mol. The first-order valence-electron chi connectivity index (χ1n) is 6.05. The second kappa shape index (κ2) is 6.40. The van der Waals surface area contributed by atoms with Crippen LogP contribution in [0.3, 0.4) is 0 Å². The highest BCUT2D eigenvalue weighted by Crippen LogP contribution is 2.11. The average Bonchev–Trinajstić information content (AvgIpc) is 2.33. The minimum Gasteiger partial charge on any atom is -0.497 e. The Morgan fingerprint density at radius 1 is 1.33 bits per heavy atom. The summed E-state index contributed by atoms with van der Waals surface area (Å²) in [6.45, 7) is 6.93. The zero-order valence-electron chi connectivity index (χ0n) is 11.5. The molecule has 0 aliphatic carbocycles. The number of amides is 1. The van der Waals surface area contributed by atoms with E-state index in [9.17, 15) is 4.79 Å². The van der Waals surface area contributed by atoms with Crippen molar-refractivity contribution >= 4 is 5.91 Å². The van der Waals surface area contributed by atoms with Crippen LogP contribution in [0.15, 0.2) is 24.3 Å². The van der Waals surface area contributed by atoms with Gasteiger partial charge in [-0.15, -0.1) is 0 Å². The standard InChI is InChI=1S/C14H22N2O2/c1-14(2,3)16-10-13(17)15-9-11-6-5-7-12(8-11)18-4/h5-8,16H,9-10H2,1-4H3,(H,15,17). The molecule has 0 atom stereocenters. The van der Waals surface area contributed by atoms with Crippen LogP contribution in [0.4, 0.5) is 0 Å². The Morgan fingerprint density at radius 2 is 2.06 bits per heavy atom. The second-order valence-electron chi connectivity index (χ2n) is 5.23. The minimum absolute atomic E-state index is 0.00672. The highest BCUT2D eigenvalue weighted by Gasteiger charge is 2.10. The molecule has 0 aromatic heterocycles. The van der Waals surface area contributed by atoms with Crippen molar-refractivity contribution in [1.82, 2.24) is 10.6 Å². The van der Waals surface area contributed by atoms with Gasteiger partial charge < -0.3 is 15.4 Å². The van der Waals surface area contributed by atoms with E-state index in [1.807, 2.05) is 45.0 Å². The fourth-order valence-electron chi connectivity index (χ4n) is 1.39. The van der Waals surface area contributed by atoms with Crippen molar-refractivity contribution in [3.8, 4) is 5.75 Å². The summed E-state index contributed by atoms with van der Waals surface area (Å²) in [6.07, 6.45) is 0. The van der Waals surface area contributed by atoms with Gasteiger partial charge in [-0.25, -0.2) is 0 Å². The highest BCUT2D eigenvalue weighted by atomic mass is 16.5. The van der Waals surface area contributed by atoms with Crippen LogP contribution < -0.4 is 15.4 Å². The Labute approximate surface area is 109 Å². The predicted octanol–water partition coefficient (Wildman–Crippen LogP) is 1.70. The topological polar surface area (TPSA) is 50.4 Å². The molecule has 0 spiro atoms. The molecule has 1 amide bonds. The van der Waals surface area contributed by atoms with Crippen LogP contribution >= 0.6 is 0 Å². The van der Waals surface area contributed by atoms with Gasteiger partial charge in [0.2, 0.25) is 5.91 Å². The van der Waals surface area contributed by atoms with Gasteiger partial charge in [0.05, 0.1) is 13.7 Å². The molecule has 0 aliphatic heterocycles. The van der Waals surface area contributed by atoms with E-state index in [4.69, 9.17) is 4.74 Å². The summed E-state index contributed by atoms with van der Waals surface area (Å²) in [7, 11) is 1.63. The summed E-state index contributed by atoms with van der Waals surface area (Å²) < 4.78 is 5.13. The number of ether oxygens (including phenoxy) is 1. The van der Waals surface area contributed by atoms with E-state index in [2.05, 4.69) is 10.6 Å². The van der Waals surface area contributed by atoms with Crippen molar-refractivity contribution in [2.75, 3.05) is 13.7 Å². The van der Waals surface area contributed by atoms with E-state index < -0.39 is 0 Å². The fourth-order valence-corrected chi connectivity index (χ4v) is 1.39. The molecule has 0 bridgehead atoms. The maximum Gasteiger partial charge on any atom is 0.234 e. The minimum atomic E-state index is -0.0483. The third kappa shape index (κ3) is 5.68. The number of benzene rings is 1. The molecule has 0 fully saturated rings. The molecule has 100 valence electrons. The van der Waals surface area contributed by atoms with Crippen LogP contribution in [0.1, 0.15) is 26.3 Å². The van der Waals surface area contributed by atoms with Gasteiger partial charge in [-0.2, -0.15) is 0 Å². The van der Waals surface area contributed by atoms with Crippen molar-refractivity contribution in [1.29, 1.82) is 0 Å². The van der Waals surface area contributed by atoms with E-state index in [-0.39, 0.29) is 11.4 Å². The molecular weight excluding hydrogens is 228 g/mol. The first-order chi connectivity index (χ1) is 8.40. The molecule has 1 rings (SSSR count). The third-order valence-electron chi connectivity index (χ3n) is 2.40. The Kier molecular flexibility index (Phi) is 5.16. The van der Waals surface area contributed by atoms with Crippen molar-refractivity contribution in [2.24, 2.45) is 0 Å². The fraction of sp³-hybridized carbons (Fsp3) is 0.500. The van der Waals surface area contributed by atoms with Gasteiger partial charge in [-0.1, -0.05) is 12.1 Å². The van der Waals surface area contributed by atoms with Gasteiger partial charge in [0.1, 0.15) is 5.75 Å². The molecule has 18 heavy (non-hydrogen) atoms. The van der Waals surface area contributed by atoms with Crippen LogP contribution in [0.5, 0.6) is 5.75 Å². The van der Waals surface area contributed by atoms with E-state index >= 15 is 0 Å². The van der Waals surface area contributed by atoms with Gasteiger partial charge in [-0.3, -0.25) is 4.79 Å². The van der Waals surface area contributed by atoms with Crippen molar-refractivity contribution in [3.63, 3.8) is 0 Å². The maximum absolute atomic E-state index is 11.6. The number of methoxy groups -OCH3 is 1. The number of hydrogen-bond acceptors (Lipinski definition) is 3. The number of nitrogens with one attached hydrogen (secondary N) is 2. The Hall–Kier alpha value is -1.55. The summed E-state index contributed by atoms with van der Waals surface area (Å²) in [5.41, 5.74) is 0.978. The molecule has 0 heterocycles. The molecular formula is C14H22N2O2. The summed E-state index contributed by atoms with van der Waals surface area (Å²) >= 11 is 0. The van der Waals surface area contributed by atoms with Crippen LogP contribution in [0, 0.1) is 0 Å². The summed E-state index contributed by atoms with van der Waals surface area (Å²) in [5.74, 6) is 0.794. The van der Waals surface area contributed by atoms with Crippen molar-refractivity contribution in [3.05, 3.63) is 29.8 Å². The molecule has 4 heteroatoms. The summed E-state index contributed by atoms with van der Waals surface area (Å²) in [5, 5.41) is 6.01. The van der Waals surface area contributed by atoms with E-state index in [0.717, 1.165) is 11.3 Å². The molecule has 2 N–H and O–H groups in total. The summed E-state index contributed by atoms with van der Waals surface area (Å²) in [6, 6.07) is 7.66. The maximum atomic E-state index is 11.6. The Balaban J connectivity index is 2.38. The molecule has 0 saturated heterocycles. The van der Waals surface area contributed by atoms with Crippen molar-refractivity contribution in [2.45, 2.75) is 32.9 Å². The normalized spacial score (nSPS) is 11.1. The van der Waals surface area contributed by atoms with Gasteiger partial charge >= 0.3 is 0 Å². The quantitative estimate of drug-likeness (QED) is 0.836. The number of carbonyl (C=O) groups is 1. The van der Waals surface area contributed by atoms with Crippen molar-refractivity contribution < 1.29 is 9.53 Å². The first-order valence-corrected chi connectivity index (χ1v) is 6.05. The molecule has 1 aromatic rings. The second-order valence-corrected chi connectivity index (χ2v) is 5.23. The predicted molar refractivity (Wildman–Crippen MR) is 72.6 cm³/mol. The number of hydrogen-bond donors (Lipinski definition) is 2. The van der Waals surface area contributed by atoms with Gasteiger partial charge in [0, 0.05) is 12.1 Å². The van der Waals surface area contributed by atoms with Crippen LogP contribution in [0.25, 0.3) is 0 Å². The monoisotopic (exact) mass is 250 g/mol. The Bertz CT molecular complexity index is 397. The molecule has 4 nitrogen and oxygen atoms in total. The first kappa shape index (κ1) is 14.5. The lowest BCUT2D eigenvalue weighted by molar-refractivity contribution is -0.120. The lowest BCUT2D eigenvalue weighted by Gasteiger charge is -2.20. The lowest BCUT2D eigenvalue weighted by Crippen LogP contribution is -2.43. The third-order valence-corrected chi connectivity index (χ3v) is 2.40. The molecule has 1 aromatic carbocycles. The van der Waals surface area contributed by atoms with Crippen LogP contribution in [-0.2, 0) is 11.3 Å². The molecule has 0 radical (unpaired) electrons. The SMILES string of the molecule is COc1cccc(CNC(=O)CNC(C)(C)C)c1. The summed E-state index contributed by atoms with van der Waals surface area (Å²) in [4.78, 5) is 11.6. The Morgan fingerprint density at radius 3 is 2.67 bits per heavy atom. The van der Waals surface area contributed by atoms with Gasteiger partial charge in [-0.05, 0) is 38.5 Å². The smallest absolute Gasteiger partial charge is 0.234 e. The van der Waals surface area contributed by atoms with E-state index in [1.165, 1.54) is 0 Å². The number of carbonyl (C=O) groups excluding carboxylic acids is 1. The van der Waals surface area contributed by atoms with Gasteiger partial charge in [0.15, 0.2) is 0 Å². The zero-order valence-corrected chi connectivity index (χ0v) is 11.5. The largest absolute Gasteiger partial charge is 0.497 e. The van der Waals surface area contributed by atoms with Crippen LogP contribution in [-0.4, -0.2) is 25.1 Å². The lowest BCUT2D eigenvalue weighted by atomic mass is 10.1. The molecule has 0 unspecified atom stereocenters. The molecule has 0 aliphatic rings.